The van der Waals surface area contributed by atoms with Crippen molar-refractivity contribution in [3.63, 3.8) is 0 Å². The largest absolute Gasteiger partial charge is 0.395 e. The van der Waals surface area contributed by atoms with Crippen molar-refractivity contribution in [3.8, 4) is 0 Å². The number of rotatable bonds is 6. The molecule has 0 unspecified atom stereocenters. The fourth-order valence-corrected chi connectivity index (χ4v) is 0.917. The molecule has 0 aromatic carbocycles. The summed E-state index contributed by atoms with van der Waals surface area (Å²) in [7, 11) is 0. The number of aliphatic hydroxyl groups is 1. The van der Waals surface area contributed by atoms with Gasteiger partial charge in [-0.25, -0.2) is 0 Å². The Bertz CT molecular complexity index is 342. The minimum absolute atomic E-state index is 0.962. The summed E-state index contributed by atoms with van der Waals surface area (Å²) >= 11 is 3.66. The van der Waals surface area contributed by atoms with Gasteiger partial charge < -0.3 is 10.4 Å². The quantitative estimate of drug-likeness (QED) is 0.579. The van der Waals surface area contributed by atoms with Gasteiger partial charge in [-0.05, 0) is 11.6 Å². The molecule has 3 nitrogen and oxygen atoms in total. The Morgan fingerprint density at radius 1 is 1.00 bits per heavy atom. The predicted molar refractivity (Wildman–Crippen MR) is 45.7 cm³/mol. The van der Waals surface area contributed by atoms with Gasteiger partial charge in [-0.1, -0.05) is 0 Å². The molecule has 19 heavy (non-hydrogen) atoms. The van der Waals surface area contributed by atoms with E-state index in [0.717, 1.165) is 5.32 Å². The lowest BCUT2D eigenvalue weighted by molar-refractivity contribution is -0.337. The summed E-state index contributed by atoms with van der Waals surface area (Å²) in [5.74, 6) is -22.5. The molecule has 0 rings (SSSR count). The van der Waals surface area contributed by atoms with Gasteiger partial charge in [-0.2, -0.15) is 35.1 Å². The zero-order chi connectivity index (χ0) is 15.7. The maximum atomic E-state index is 12.8. The van der Waals surface area contributed by atoms with Crippen molar-refractivity contribution in [2.75, 3.05) is 13.2 Å². The zero-order valence-electron chi connectivity index (χ0n) is 8.67. The molecule has 1 amide bonds. The van der Waals surface area contributed by atoms with Gasteiger partial charge in [-0.15, -0.1) is 0 Å². The molecule has 114 valence electrons. The van der Waals surface area contributed by atoms with Crippen molar-refractivity contribution in [1.29, 1.82) is 0 Å². The summed E-state index contributed by atoms with van der Waals surface area (Å²) in [6, 6.07) is 0. The first kappa shape index (κ1) is 18.2. The maximum Gasteiger partial charge on any atom is 0.393 e. The van der Waals surface area contributed by atoms with Crippen LogP contribution in [-0.2, 0) is 4.79 Å². The lowest BCUT2D eigenvalue weighted by Gasteiger charge is -2.33. The van der Waals surface area contributed by atoms with E-state index in [0.29, 0.717) is 0 Å². The highest BCUT2D eigenvalue weighted by molar-refractivity contribution is 6.22. The second-order valence-electron chi connectivity index (χ2n) is 3.20. The number of nitrogens with one attached hydrogen (secondary N) is 1. The number of aliphatic hydroxyl groups excluding tert-OH is 1. The third-order valence-corrected chi connectivity index (χ3v) is 2.06. The van der Waals surface area contributed by atoms with Crippen molar-refractivity contribution in [2.45, 2.75) is 23.1 Å². The Morgan fingerprint density at radius 3 is 1.74 bits per heavy atom. The third-order valence-electron chi connectivity index (χ3n) is 1.83. The Labute approximate surface area is 105 Å². The van der Waals surface area contributed by atoms with Crippen LogP contribution in [0.4, 0.5) is 35.1 Å². The summed E-state index contributed by atoms with van der Waals surface area (Å²) in [5.41, 5.74) is 0. The number of alkyl halides is 9. The van der Waals surface area contributed by atoms with E-state index in [9.17, 15) is 39.9 Å². The van der Waals surface area contributed by atoms with Gasteiger partial charge in [0, 0.05) is 6.54 Å². The van der Waals surface area contributed by atoms with Crippen LogP contribution in [0.25, 0.3) is 0 Å². The van der Waals surface area contributed by atoms with E-state index in [1.54, 1.807) is 0 Å². The standard InChI is InChI=1S/C7H6ClF8NO2/c8-7(15,16)6(13,14)5(11,12)4(9,10)3(19)17-1-2-18/h18H,1-2H2,(H,17,19). The van der Waals surface area contributed by atoms with Crippen LogP contribution >= 0.6 is 11.6 Å². The van der Waals surface area contributed by atoms with E-state index in [4.69, 9.17) is 5.11 Å². The normalized spacial score (nSPS) is 14.4. The maximum absolute atomic E-state index is 12.8. The smallest absolute Gasteiger partial charge is 0.393 e. The third kappa shape index (κ3) is 3.02. The molecule has 0 spiro atoms. The molecule has 0 saturated heterocycles. The summed E-state index contributed by atoms with van der Waals surface area (Å²) in [5, 5.41) is 3.10. The minimum atomic E-state index is -6.75. The van der Waals surface area contributed by atoms with Crippen LogP contribution < -0.4 is 5.32 Å². The molecule has 0 heterocycles. The Balaban J connectivity index is 5.45. The first-order chi connectivity index (χ1) is 8.23. The van der Waals surface area contributed by atoms with E-state index in [1.165, 1.54) is 0 Å². The highest BCUT2D eigenvalue weighted by Gasteiger charge is 2.82. The van der Waals surface area contributed by atoms with Gasteiger partial charge >= 0.3 is 23.1 Å². The molecular weight excluding hydrogens is 318 g/mol. The number of hydrogen-bond acceptors (Lipinski definition) is 2. The van der Waals surface area contributed by atoms with Crippen molar-refractivity contribution in [2.24, 2.45) is 0 Å². The highest BCUT2D eigenvalue weighted by Crippen LogP contribution is 2.53. The average molecular weight is 324 g/mol. The number of hydrogen-bond donors (Lipinski definition) is 2. The Kier molecular flexibility index (Phi) is 5.04. The van der Waals surface area contributed by atoms with Crippen LogP contribution in [0, 0.1) is 0 Å². The van der Waals surface area contributed by atoms with Crippen molar-refractivity contribution < 1.29 is 45.0 Å². The van der Waals surface area contributed by atoms with Gasteiger partial charge in [0.1, 0.15) is 0 Å². The van der Waals surface area contributed by atoms with Crippen molar-refractivity contribution >= 4 is 17.5 Å². The SMILES string of the molecule is O=C(NCCO)C(F)(F)C(F)(F)C(F)(F)C(F)(F)Cl. The molecule has 0 atom stereocenters. The van der Waals surface area contributed by atoms with E-state index >= 15 is 0 Å². The van der Waals surface area contributed by atoms with Gasteiger partial charge in [0.25, 0.3) is 5.91 Å². The van der Waals surface area contributed by atoms with Crippen LogP contribution in [-0.4, -0.2) is 47.3 Å². The fraction of sp³-hybridized carbons (Fsp3) is 0.857. The minimum Gasteiger partial charge on any atom is -0.395 e. The monoisotopic (exact) mass is 323 g/mol. The predicted octanol–water partition coefficient (Wildman–Crippen LogP) is 1.83. The molecule has 2 N–H and O–H groups in total. The van der Waals surface area contributed by atoms with E-state index in [-0.39, 0.29) is 0 Å². The lowest BCUT2D eigenvalue weighted by Crippen LogP contribution is -2.65. The summed E-state index contributed by atoms with van der Waals surface area (Å²) in [4.78, 5) is 10.6. The average Bonchev–Trinajstić information content (AvgIpc) is 2.23. The van der Waals surface area contributed by atoms with E-state index in [2.05, 4.69) is 11.6 Å². The van der Waals surface area contributed by atoms with Crippen LogP contribution in [0.3, 0.4) is 0 Å². The summed E-state index contributed by atoms with van der Waals surface area (Å²) in [6.07, 6.45) is 0. The molecule has 0 radical (unpaired) electrons. The molecule has 0 fully saturated rings. The molecule has 0 saturated carbocycles. The second-order valence-corrected chi connectivity index (χ2v) is 3.68. The van der Waals surface area contributed by atoms with Gasteiger partial charge in [0.15, 0.2) is 0 Å². The fourth-order valence-electron chi connectivity index (χ4n) is 0.798. The Hall–Kier alpha value is -0.840. The number of carbonyl (C=O) groups excluding carboxylic acids is 1. The summed E-state index contributed by atoms with van der Waals surface area (Å²) < 4.78 is 100. The molecule has 12 heteroatoms. The van der Waals surface area contributed by atoms with E-state index < -0.39 is 42.2 Å². The molecule has 0 bridgehead atoms. The molecule has 0 aromatic heterocycles. The first-order valence-corrected chi connectivity index (χ1v) is 4.70. The molecule has 0 aliphatic heterocycles. The topological polar surface area (TPSA) is 49.3 Å². The van der Waals surface area contributed by atoms with Gasteiger partial charge in [-0.3, -0.25) is 4.79 Å². The molecular formula is C7H6ClF8NO2. The van der Waals surface area contributed by atoms with E-state index in [1.807, 2.05) is 0 Å². The molecule has 0 aliphatic rings. The van der Waals surface area contributed by atoms with Crippen LogP contribution in [0.2, 0.25) is 0 Å². The van der Waals surface area contributed by atoms with Gasteiger partial charge in [0.2, 0.25) is 0 Å². The summed E-state index contributed by atoms with van der Waals surface area (Å²) in [6.45, 7) is -1.93. The van der Waals surface area contributed by atoms with Gasteiger partial charge in [0.05, 0.1) is 6.61 Å². The van der Waals surface area contributed by atoms with Crippen LogP contribution in [0.15, 0.2) is 0 Å². The van der Waals surface area contributed by atoms with Crippen LogP contribution in [0.5, 0.6) is 0 Å². The second kappa shape index (κ2) is 5.27. The van der Waals surface area contributed by atoms with Crippen molar-refractivity contribution in [3.05, 3.63) is 0 Å². The highest BCUT2D eigenvalue weighted by atomic mass is 35.5. The number of halogens is 9. The number of carbonyl (C=O) groups is 1. The Morgan fingerprint density at radius 2 is 1.42 bits per heavy atom. The lowest BCUT2D eigenvalue weighted by atomic mass is 10.0. The van der Waals surface area contributed by atoms with Crippen molar-refractivity contribution in [1.82, 2.24) is 5.32 Å². The molecule has 0 aromatic rings. The first-order valence-electron chi connectivity index (χ1n) is 4.32. The zero-order valence-corrected chi connectivity index (χ0v) is 9.43. The molecule has 0 aliphatic carbocycles. The van der Waals surface area contributed by atoms with Crippen LogP contribution in [0.1, 0.15) is 0 Å². The number of amides is 1.